The predicted octanol–water partition coefficient (Wildman–Crippen LogP) is 2.21. The molecule has 2 aromatic rings. The van der Waals surface area contributed by atoms with Crippen LogP contribution in [0.5, 0.6) is 11.5 Å². The zero-order valence-corrected chi connectivity index (χ0v) is 13.8. The number of benzene rings is 1. The number of non-ortho nitro benzene ring substituents is 1. The van der Waals surface area contributed by atoms with E-state index in [1.165, 1.54) is 12.1 Å². The lowest BCUT2D eigenvalue weighted by molar-refractivity contribution is -0.607. The molecule has 2 N–H and O–H groups in total. The second-order valence-electron chi connectivity index (χ2n) is 6.17. The van der Waals surface area contributed by atoms with Crippen molar-refractivity contribution >= 4 is 11.4 Å². The third-order valence-electron chi connectivity index (χ3n) is 3.02. The highest BCUT2D eigenvalue weighted by molar-refractivity contribution is 6.13. The Bertz CT molecular complexity index is 822. The fourth-order valence-corrected chi connectivity index (χ4v) is 1.93. The summed E-state index contributed by atoms with van der Waals surface area (Å²) in [5, 5.41) is 47.2. The van der Waals surface area contributed by atoms with Gasteiger partial charge in [0.1, 0.15) is 11.4 Å². The normalized spacial score (nSPS) is 12.0. The highest BCUT2D eigenvalue weighted by atomic mass is 16.6. The van der Waals surface area contributed by atoms with E-state index in [4.69, 9.17) is 4.84 Å². The smallest absolute Gasteiger partial charge is 0.288 e. The van der Waals surface area contributed by atoms with Crippen LogP contribution >= 0.6 is 0 Å². The van der Waals surface area contributed by atoms with Crippen molar-refractivity contribution < 1.29 is 24.7 Å². The first-order valence-electron chi connectivity index (χ1n) is 7.25. The lowest BCUT2D eigenvalue weighted by atomic mass is 10.0. The maximum absolute atomic E-state index is 12.1. The molecule has 0 aliphatic carbocycles. The molecule has 1 aromatic carbocycles. The van der Waals surface area contributed by atoms with Gasteiger partial charge in [-0.2, -0.15) is 4.73 Å². The van der Waals surface area contributed by atoms with Crippen molar-refractivity contribution in [2.75, 3.05) is 0 Å². The molecule has 0 aliphatic rings. The molecule has 1 heterocycles. The van der Waals surface area contributed by atoms with Crippen molar-refractivity contribution in [3.63, 3.8) is 0 Å². The third kappa shape index (κ3) is 4.14. The highest BCUT2D eigenvalue weighted by Crippen LogP contribution is 2.28. The van der Waals surface area contributed by atoms with Crippen LogP contribution in [0.3, 0.4) is 0 Å². The van der Waals surface area contributed by atoms with Crippen molar-refractivity contribution in [2.45, 2.75) is 26.4 Å². The number of rotatable bonds is 4. The van der Waals surface area contributed by atoms with Crippen LogP contribution < -0.4 is 4.73 Å². The second-order valence-corrected chi connectivity index (χ2v) is 6.17. The Balaban J connectivity index is 2.73. The number of nitrogens with zero attached hydrogens (tertiary/aromatic N) is 3. The van der Waals surface area contributed by atoms with Gasteiger partial charge in [0.25, 0.3) is 11.4 Å². The average Bonchev–Trinajstić information content (AvgIpc) is 2.50. The second kappa shape index (κ2) is 6.63. The molecule has 0 amide bonds. The molecule has 0 unspecified atom stereocenters. The Hall–Kier alpha value is -3.36. The monoisotopic (exact) mass is 347 g/mol. The molecule has 2 rings (SSSR count). The molecular weight excluding hydrogens is 330 g/mol. The van der Waals surface area contributed by atoms with E-state index in [2.05, 4.69) is 5.16 Å². The summed E-state index contributed by atoms with van der Waals surface area (Å²) in [6.07, 6.45) is 1.12. The molecule has 25 heavy (non-hydrogen) atoms. The van der Waals surface area contributed by atoms with Gasteiger partial charge in [-0.15, -0.1) is 0 Å². The maximum atomic E-state index is 12.1. The van der Waals surface area contributed by atoms with Crippen molar-refractivity contribution in [3.05, 3.63) is 63.1 Å². The number of aromatic hydroxyl groups is 2. The van der Waals surface area contributed by atoms with Gasteiger partial charge in [0, 0.05) is 18.2 Å². The molecule has 9 nitrogen and oxygen atoms in total. The number of nitro groups is 1. The Morgan fingerprint density at radius 1 is 1.24 bits per heavy atom. The van der Waals surface area contributed by atoms with Gasteiger partial charge in [-0.05, 0) is 32.9 Å². The molecule has 1 aromatic heterocycles. The minimum Gasteiger partial charge on any atom is -0.618 e. The third-order valence-corrected chi connectivity index (χ3v) is 3.02. The van der Waals surface area contributed by atoms with E-state index in [1.54, 1.807) is 20.8 Å². The Labute approximate surface area is 143 Å². The average molecular weight is 347 g/mol. The lowest BCUT2D eigenvalue weighted by Gasteiger charge is -2.17. The quantitative estimate of drug-likeness (QED) is 0.286. The van der Waals surface area contributed by atoms with E-state index in [0.29, 0.717) is 4.73 Å². The molecule has 0 saturated carbocycles. The summed E-state index contributed by atoms with van der Waals surface area (Å²) >= 11 is 0. The van der Waals surface area contributed by atoms with E-state index >= 15 is 0 Å². The number of hydrogen-bond acceptors (Lipinski definition) is 7. The Kier molecular flexibility index (Phi) is 4.77. The molecule has 0 radical (unpaired) electrons. The largest absolute Gasteiger partial charge is 0.618 e. The SMILES string of the molecule is CC(C)(C)ON=C(c1cc([N+](=O)[O-])ccc1O)c1c(O)ccc[n+]1[O-]. The fourth-order valence-electron chi connectivity index (χ4n) is 1.93. The summed E-state index contributed by atoms with van der Waals surface area (Å²) in [6.45, 7) is 5.12. The summed E-state index contributed by atoms with van der Waals surface area (Å²) in [5.74, 6) is -0.773. The van der Waals surface area contributed by atoms with Crippen LogP contribution in [0.1, 0.15) is 32.0 Å². The highest BCUT2D eigenvalue weighted by Gasteiger charge is 2.27. The van der Waals surface area contributed by atoms with Gasteiger partial charge in [-0.3, -0.25) is 10.1 Å². The first kappa shape index (κ1) is 18.0. The van der Waals surface area contributed by atoms with E-state index in [-0.39, 0.29) is 28.4 Å². The minimum atomic E-state index is -0.736. The van der Waals surface area contributed by atoms with Crippen LogP contribution in [0.4, 0.5) is 5.69 Å². The summed E-state index contributed by atoms with van der Waals surface area (Å²) in [7, 11) is 0. The number of nitro benzene ring substituents is 1. The molecule has 0 aliphatic heterocycles. The van der Waals surface area contributed by atoms with Crippen LogP contribution in [0, 0.1) is 15.3 Å². The Morgan fingerprint density at radius 3 is 2.48 bits per heavy atom. The van der Waals surface area contributed by atoms with E-state index < -0.39 is 16.3 Å². The molecule has 0 atom stereocenters. The van der Waals surface area contributed by atoms with Crippen molar-refractivity contribution in [1.29, 1.82) is 0 Å². The van der Waals surface area contributed by atoms with E-state index in [1.807, 2.05) is 0 Å². The van der Waals surface area contributed by atoms with E-state index in [9.17, 15) is 25.5 Å². The summed E-state index contributed by atoms with van der Waals surface area (Å²) in [4.78, 5) is 15.7. The number of phenols is 1. The summed E-state index contributed by atoms with van der Waals surface area (Å²) in [5.41, 5.74) is -1.71. The lowest BCUT2D eigenvalue weighted by Crippen LogP contribution is -2.35. The van der Waals surface area contributed by atoms with Gasteiger partial charge in [-0.25, -0.2) is 0 Å². The summed E-state index contributed by atoms with van der Waals surface area (Å²) < 4.78 is 0.332. The standard InChI is InChI=1S/C16H17N3O6/c1-16(2,3)25-17-14(15-13(21)5-4-8-18(15)22)11-9-10(19(23)24)6-7-12(11)20/h4-9,20-21H,1-3H3. The summed E-state index contributed by atoms with van der Waals surface area (Å²) in [6, 6.07) is 5.84. The minimum absolute atomic E-state index is 0.121. The van der Waals surface area contributed by atoms with Crippen molar-refractivity contribution in [1.82, 2.24) is 0 Å². The fraction of sp³-hybridized carbons (Fsp3) is 0.250. The number of pyridine rings is 1. The van der Waals surface area contributed by atoms with Crippen LogP contribution in [-0.4, -0.2) is 26.4 Å². The molecule has 0 bridgehead atoms. The molecule has 132 valence electrons. The molecule has 0 saturated heterocycles. The van der Waals surface area contributed by atoms with Crippen LogP contribution in [0.15, 0.2) is 41.7 Å². The van der Waals surface area contributed by atoms with Gasteiger partial charge in [0.2, 0.25) is 0 Å². The van der Waals surface area contributed by atoms with Crippen molar-refractivity contribution in [2.24, 2.45) is 5.16 Å². The van der Waals surface area contributed by atoms with E-state index in [0.717, 1.165) is 24.4 Å². The molecular formula is C16H17N3O6. The molecule has 0 fully saturated rings. The van der Waals surface area contributed by atoms with Gasteiger partial charge >= 0.3 is 0 Å². The topological polar surface area (TPSA) is 132 Å². The zero-order valence-electron chi connectivity index (χ0n) is 13.8. The molecule has 9 heteroatoms. The van der Waals surface area contributed by atoms with Gasteiger partial charge in [-0.1, -0.05) is 5.16 Å². The number of aromatic nitrogens is 1. The van der Waals surface area contributed by atoms with Crippen LogP contribution in [-0.2, 0) is 4.84 Å². The number of phenolic OH excluding ortho intramolecular Hbond substituents is 1. The maximum Gasteiger partial charge on any atom is 0.288 e. The van der Waals surface area contributed by atoms with Crippen LogP contribution in [0.2, 0.25) is 0 Å². The molecule has 0 spiro atoms. The van der Waals surface area contributed by atoms with Crippen molar-refractivity contribution in [3.8, 4) is 11.5 Å². The number of oxime groups is 1. The predicted molar refractivity (Wildman–Crippen MR) is 88.3 cm³/mol. The first-order chi connectivity index (χ1) is 11.6. The van der Waals surface area contributed by atoms with Gasteiger partial charge in [0.15, 0.2) is 17.7 Å². The Morgan fingerprint density at radius 2 is 1.92 bits per heavy atom. The van der Waals surface area contributed by atoms with Gasteiger partial charge < -0.3 is 20.3 Å². The first-order valence-corrected chi connectivity index (χ1v) is 7.25. The van der Waals surface area contributed by atoms with Crippen LogP contribution in [0.25, 0.3) is 0 Å². The number of hydrogen-bond donors (Lipinski definition) is 2. The van der Waals surface area contributed by atoms with Gasteiger partial charge in [0.05, 0.1) is 10.5 Å². The zero-order chi connectivity index (χ0) is 18.8.